The van der Waals surface area contributed by atoms with Crippen molar-refractivity contribution in [3.05, 3.63) is 114 Å². The lowest BCUT2D eigenvalue weighted by Gasteiger charge is -2.20. The lowest BCUT2D eigenvalue weighted by molar-refractivity contribution is 0.0976. The van der Waals surface area contributed by atoms with Crippen molar-refractivity contribution in [3.63, 3.8) is 0 Å². The van der Waals surface area contributed by atoms with Crippen molar-refractivity contribution in [3.8, 4) is 0 Å². The lowest BCUT2D eigenvalue weighted by atomic mass is 9.97. The normalized spacial score (nSPS) is 11.9. The van der Waals surface area contributed by atoms with E-state index < -0.39 is 0 Å². The standard InChI is InChI=1S/C25H21NO/c27-25(21-12-5-2-6-13-21)18-24(20-10-3-1-4-11-20)26-23-16-15-19-9-7-8-14-22(19)17-23/h1-17,24,26H,18H2/t24-/m1/s1. The van der Waals surface area contributed by atoms with Crippen molar-refractivity contribution in [2.45, 2.75) is 12.5 Å². The number of anilines is 1. The van der Waals surface area contributed by atoms with E-state index in [2.05, 4.69) is 47.8 Å². The summed E-state index contributed by atoms with van der Waals surface area (Å²) in [5.74, 6) is 0.137. The Bertz CT molecular complexity index is 1040. The average Bonchev–Trinajstić information content (AvgIpc) is 2.74. The molecule has 1 N–H and O–H groups in total. The van der Waals surface area contributed by atoms with E-state index in [0.717, 1.165) is 16.8 Å². The van der Waals surface area contributed by atoms with Crippen molar-refractivity contribution in [1.29, 1.82) is 0 Å². The minimum Gasteiger partial charge on any atom is -0.378 e. The summed E-state index contributed by atoms with van der Waals surface area (Å²) in [6.45, 7) is 0. The van der Waals surface area contributed by atoms with Gasteiger partial charge < -0.3 is 5.32 Å². The number of benzene rings is 4. The zero-order valence-corrected chi connectivity index (χ0v) is 15.0. The maximum absolute atomic E-state index is 12.8. The highest BCUT2D eigenvalue weighted by molar-refractivity contribution is 5.96. The van der Waals surface area contributed by atoms with Crippen LogP contribution in [-0.4, -0.2) is 5.78 Å². The molecule has 132 valence electrons. The summed E-state index contributed by atoms with van der Waals surface area (Å²) in [7, 11) is 0. The molecule has 0 saturated carbocycles. The number of rotatable bonds is 6. The molecule has 4 aromatic rings. The van der Waals surface area contributed by atoms with Crippen molar-refractivity contribution in [1.82, 2.24) is 0 Å². The van der Waals surface area contributed by atoms with E-state index in [1.807, 2.05) is 60.7 Å². The van der Waals surface area contributed by atoms with Gasteiger partial charge in [0.05, 0.1) is 6.04 Å². The molecule has 27 heavy (non-hydrogen) atoms. The maximum Gasteiger partial charge on any atom is 0.165 e. The van der Waals surface area contributed by atoms with Gasteiger partial charge in [-0.3, -0.25) is 4.79 Å². The average molecular weight is 351 g/mol. The fourth-order valence-electron chi connectivity index (χ4n) is 3.35. The van der Waals surface area contributed by atoms with Crippen molar-refractivity contribution in [2.24, 2.45) is 0 Å². The first-order valence-corrected chi connectivity index (χ1v) is 9.18. The molecule has 0 amide bonds. The summed E-state index contributed by atoms with van der Waals surface area (Å²) in [4.78, 5) is 12.8. The molecule has 0 saturated heterocycles. The number of nitrogens with one attached hydrogen (secondary N) is 1. The Labute approximate surface area is 159 Å². The second kappa shape index (κ2) is 7.88. The third-order valence-electron chi connectivity index (χ3n) is 4.78. The van der Waals surface area contributed by atoms with Crippen LogP contribution >= 0.6 is 0 Å². The van der Waals surface area contributed by atoms with Crippen molar-refractivity contribution < 1.29 is 4.79 Å². The Morgan fingerprint density at radius 1 is 0.704 bits per heavy atom. The Balaban J connectivity index is 1.62. The minimum atomic E-state index is -0.0833. The van der Waals surface area contributed by atoms with Crippen molar-refractivity contribution in [2.75, 3.05) is 5.32 Å². The van der Waals surface area contributed by atoms with Gasteiger partial charge in [-0.25, -0.2) is 0 Å². The third-order valence-corrected chi connectivity index (χ3v) is 4.78. The first-order chi connectivity index (χ1) is 13.3. The fraction of sp³-hybridized carbons (Fsp3) is 0.0800. The van der Waals surface area contributed by atoms with Crippen molar-refractivity contribution >= 4 is 22.2 Å². The van der Waals surface area contributed by atoms with E-state index in [0.29, 0.717) is 6.42 Å². The topological polar surface area (TPSA) is 29.1 Å². The van der Waals surface area contributed by atoms with Crippen LogP contribution in [0.2, 0.25) is 0 Å². The summed E-state index contributed by atoms with van der Waals surface area (Å²) in [6, 6.07) is 34.2. The maximum atomic E-state index is 12.8. The molecule has 0 spiro atoms. The van der Waals surface area contributed by atoms with Crippen LogP contribution in [0.1, 0.15) is 28.4 Å². The molecular weight excluding hydrogens is 330 g/mol. The molecule has 4 rings (SSSR count). The number of carbonyl (C=O) groups is 1. The largest absolute Gasteiger partial charge is 0.378 e. The molecule has 0 aliphatic heterocycles. The molecule has 0 aliphatic rings. The summed E-state index contributed by atoms with van der Waals surface area (Å²) in [5.41, 5.74) is 2.87. The molecule has 0 heterocycles. The van der Waals surface area contributed by atoms with Crippen LogP contribution in [0.4, 0.5) is 5.69 Å². The lowest BCUT2D eigenvalue weighted by Crippen LogP contribution is -2.15. The quantitative estimate of drug-likeness (QED) is 0.415. The third kappa shape index (κ3) is 4.06. The van der Waals surface area contributed by atoms with Gasteiger partial charge in [0.1, 0.15) is 0 Å². The first-order valence-electron chi connectivity index (χ1n) is 9.18. The highest BCUT2D eigenvalue weighted by Gasteiger charge is 2.17. The van der Waals surface area contributed by atoms with Gasteiger partial charge in [0.15, 0.2) is 5.78 Å². The van der Waals surface area contributed by atoms with Crippen LogP contribution in [0.5, 0.6) is 0 Å². The van der Waals surface area contributed by atoms with Crippen LogP contribution in [0.25, 0.3) is 10.8 Å². The van der Waals surface area contributed by atoms with Gasteiger partial charge in [-0.15, -0.1) is 0 Å². The number of ketones is 1. The molecule has 4 aromatic carbocycles. The highest BCUT2D eigenvalue weighted by atomic mass is 16.1. The molecule has 1 atom stereocenters. The fourth-order valence-corrected chi connectivity index (χ4v) is 3.35. The van der Waals surface area contributed by atoms with Gasteiger partial charge in [0.25, 0.3) is 0 Å². The van der Waals surface area contributed by atoms with Gasteiger partial charge >= 0.3 is 0 Å². The first kappa shape index (κ1) is 17.0. The molecule has 2 nitrogen and oxygen atoms in total. The summed E-state index contributed by atoms with van der Waals surface area (Å²) >= 11 is 0. The van der Waals surface area contributed by atoms with E-state index in [1.54, 1.807) is 0 Å². The molecule has 2 heteroatoms. The number of fused-ring (bicyclic) bond motifs is 1. The molecule has 0 aliphatic carbocycles. The Morgan fingerprint density at radius 2 is 1.33 bits per heavy atom. The summed E-state index contributed by atoms with van der Waals surface area (Å²) < 4.78 is 0. The number of hydrogen-bond donors (Lipinski definition) is 1. The molecular formula is C25H21NO. The number of carbonyl (C=O) groups excluding carboxylic acids is 1. The SMILES string of the molecule is O=C(C[C@@H](Nc1ccc2ccccc2c1)c1ccccc1)c1ccccc1. The van der Waals surface area contributed by atoms with Gasteiger partial charge in [0, 0.05) is 17.7 Å². The van der Waals surface area contributed by atoms with Crippen LogP contribution in [-0.2, 0) is 0 Å². The molecule has 0 fully saturated rings. The monoisotopic (exact) mass is 351 g/mol. The van der Waals surface area contributed by atoms with Gasteiger partial charge in [-0.1, -0.05) is 91.0 Å². The second-order valence-corrected chi connectivity index (χ2v) is 6.66. The Hall–Kier alpha value is -3.39. The van der Waals surface area contributed by atoms with Gasteiger partial charge in [-0.05, 0) is 28.5 Å². The number of hydrogen-bond acceptors (Lipinski definition) is 2. The van der Waals surface area contributed by atoms with Crippen LogP contribution < -0.4 is 5.32 Å². The zero-order chi connectivity index (χ0) is 18.5. The summed E-state index contributed by atoms with van der Waals surface area (Å²) in [6.07, 6.45) is 0.404. The van der Waals surface area contributed by atoms with Crippen LogP contribution in [0, 0.1) is 0 Å². The van der Waals surface area contributed by atoms with Crippen LogP contribution in [0.3, 0.4) is 0 Å². The van der Waals surface area contributed by atoms with E-state index >= 15 is 0 Å². The molecule has 0 unspecified atom stereocenters. The van der Waals surface area contributed by atoms with E-state index in [1.165, 1.54) is 10.8 Å². The predicted octanol–water partition coefficient (Wildman–Crippen LogP) is 6.27. The predicted molar refractivity (Wildman–Crippen MR) is 112 cm³/mol. The smallest absolute Gasteiger partial charge is 0.165 e. The zero-order valence-electron chi connectivity index (χ0n) is 15.0. The van der Waals surface area contributed by atoms with E-state index in [4.69, 9.17) is 0 Å². The van der Waals surface area contributed by atoms with E-state index in [9.17, 15) is 4.79 Å². The number of Topliss-reactive ketones (excluding diaryl/α,β-unsaturated/α-hetero) is 1. The molecule has 0 radical (unpaired) electrons. The van der Waals surface area contributed by atoms with Gasteiger partial charge in [-0.2, -0.15) is 0 Å². The second-order valence-electron chi connectivity index (χ2n) is 6.66. The minimum absolute atomic E-state index is 0.0833. The molecule has 0 aromatic heterocycles. The molecule has 0 bridgehead atoms. The van der Waals surface area contributed by atoms with Crippen LogP contribution in [0.15, 0.2) is 103 Å². The Morgan fingerprint density at radius 3 is 2.07 bits per heavy atom. The van der Waals surface area contributed by atoms with E-state index in [-0.39, 0.29) is 11.8 Å². The Kier molecular flexibility index (Phi) is 4.97. The highest BCUT2D eigenvalue weighted by Crippen LogP contribution is 2.26. The summed E-state index contributed by atoms with van der Waals surface area (Å²) in [5, 5.41) is 5.96. The van der Waals surface area contributed by atoms with Gasteiger partial charge in [0.2, 0.25) is 0 Å².